The average Bonchev–Trinajstić information content (AvgIpc) is 0.745. The molecular weight excluding hydrogens is 1630 g/mol. The highest BCUT2D eigenvalue weighted by Crippen LogP contribution is 2.56. The van der Waals surface area contributed by atoms with Gasteiger partial charge in [0.25, 0.3) is 0 Å². The summed E-state index contributed by atoms with van der Waals surface area (Å²) < 4.78 is 92.5. The number of phenols is 2. The van der Waals surface area contributed by atoms with Gasteiger partial charge in [0.15, 0.2) is 11.6 Å². The summed E-state index contributed by atoms with van der Waals surface area (Å²) in [6.45, 7) is 5.59. The molecule has 16 aromatic carbocycles. The molecule has 0 saturated carbocycles. The first-order valence-corrected chi connectivity index (χ1v) is 42.3. The van der Waals surface area contributed by atoms with Gasteiger partial charge in [0.1, 0.15) is 161 Å². The minimum Gasteiger partial charge on any atom is -0.508 e. The van der Waals surface area contributed by atoms with E-state index in [1.165, 1.54) is 6.33 Å². The van der Waals surface area contributed by atoms with E-state index in [9.17, 15) is 10.2 Å². The molecule has 17 aromatic rings. The topological polar surface area (TPSA) is 208 Å². The molecule has 28 bridgehead atoms. The zero-order chi connectivity index (χ0) is 88.6. The van der Waals surface area contributed by atoms with Gasteiger partial charge in [-0.15, -0.1) is 0 Å². The molecule has 130 heavy (non-hydrogen) atoms. The average molecular weight is 1720 g/mol. The number of aryl methyl sites for hydroxylation is 2. The summed E-state index contributed by atoms with van der Waals surface area (Å²) in [5.41, 5.74) is 16.6. The van der Waals surface area contributed by atoms with Gasteiger partial charge in [-0.2, -0.15) is 0 Å². The third-order valence-electron chi connectivity index (χ3n) is 22.4. The van der Waals surface area contributed by atoms with Crippen LogP contribution in [0.5, 0.6) is 115 Å². The minimum absolute atomic E-state index is 0.0882. The summed E-state index contributed by atoms with van der Waals surface area (Å²) >= 11 is 0. The molecule has 19 heteroatoms. The summed E-state index contributed by atoms with van der Waals surface area (Å²) in [4.78, 5) is 14.8. The van der Waals surface area contributed by atoms with Crippen LogP contribution in [-0.4, -0.2) is 53.6 Å². The molecule has 2 N–H and O–H groups in total. The van der Waals surface area contributed by atoms with Gasteiger partial charge in [-0.05, 0) is 202 Å². The Hall–Kier alpha value is -16.7. The van der Waals surface area contributed by atoms with Crippen LogP contribution in [0.2, 0.25) is 0 Å². The van der Waals surface area contributed by atoms with E-state index in [-0.39, 0.29) is 51.1 Å². The number of aromatic hydroxyl groups is 2. The van der Waals surface area contributed by atoms with Crippen molar-refractivity contribution in [3.63, 3.8) is 0 Å². The van der Waals surface area contributed by atoms with E-state index in [2.05, 4.69) is 62.4 Å². The van der Waals surface area contributed by atoms with E-state index in [1.54, 1.807) is 58.8 Å². The van der Waals surface area contributed by atoms with Crippen molar-refractivity contribution >= 4 is 0 Å². The Morgan fingerprint density at radius 2 is 0.554 bits per heavy atom. The van der Waals surface area contributed by atoms with E-state index in [4.69, 9.17) is 81.3 Å². The predicted octanol–water partition coefficient (Wildman–Crippen LogP) is 26.5. The number of hydrogen-bond donors (Lipinski definition) is 2. The molecule has 0 radical (unpaired) electrons. The lowest BCUT2D eigenvalue weighted by Gasteiger charge is -2.24. The highest BCUT2D eigenvalue weighted by Gasteiger charge is 2.30. The Morgan fingerprint density at radius 3 is 0.862 bits per heavy atom. The van der Waals surface area contributed by atoms with Crippen LogP contribution in [0.15, 0.2) is 334 Å². The van der Waals surface area contributed by atoms with Gasteiger partial charge in [0, 0.05) is 93.0 Å². The van der Waals surface area contributed by atoms with Crippen LogP contribution in [-0.2, 0) is 39.6 Å². The lowest BCUT2D eigenvalue weighted by atomic mass is 9.85. The smallest absolute Gasteiger partial charge is 0.163 e. The first-order valence-electron chi connectivity index (χ1n) is 42.3. The fourth-order valence-corrected chi connectivity index (χ4v) is 15.9. The van der Waals surface area contributed by atoms with E-state index in [1.807, 2.05) is 249 Å². The van der Waals surface area contributed by atoms with Crippen molar-refractivity contribution in [3.05, 3.63) is 378 Å². The van der Waals surface area contributed by atoms with Gasteiger partial charge >= 0.3 is 0 Å². The van der Waals surface area contributed by atoms with Crippen molar-refractivity contribution in [2.45, 2.75) is 53.5 Å². The molecule has 642 valence electrons. The summed E-state index contributed by atoms with van der Waals surface area (Å²) in [5.74, 6) is 9.52. The summed E-state index contributed by atoms with van der Waals surface area (Å²) in [7, 11) is 6.44. The van der Waals surface area contributed by atoms with Crippen LogP contribution in [0.3, 0.4) is 0 Å². The van der Waals surface area contributed by atoms with E-state index < -0.39 is 0 Å². The largest absolute Gasteiger partial charge is 0.508 e. The maximum absolute atomic E-state index is 11.9. The van der Waals surface area contributed by atoms with Crippen molar-refractivity contribution in [2.24, 2.45) is 0 Å². The number of phenolic OH excluding ortho intramolecular Hbond substituents is 2. The first-order chi connectivity index (χ1) is 63.7. The van der Waals surface area contributed by atoms with Gasteiger partial charge in [-0.1, -0.05) is 169 Å². The Morgan fingerprint density at radius 1 is 0.262 bits per heavy atom. The zero-order valence-corrected chi connectivity index (χ0v) is 71.9. The quantitative estimate of drug-likeness (QED) is 0.130. The lowest BCUT2D eigenvalue weighted by molar-refractivity contribution is 0.289. The summed E-state index contributed by atoms with van der Waals surface area (Å²) in [6, 6.07) is 104. The number of ether oxygens (including phenoxy) is 14. The maximum atomic E-state index is 11.9. The second-order valence-electron chi connectivity index (χ2n) is 31.6. The van der Waals surface area contributed by atoms with E-state index >= 15 is 0 Å². The summed E-state index contributed by atoms with van der Waals surface area (Å²) in [5, 5.41) is 23.8. The van der Waals surface area contributed by atoms with Crippen molar-refractivity contribution in [3.8, 4) is 205 Å². The molecule has 30 rings (SSSR count). The van der Waals surface area contributed by atoms with Crippen LogP contribution in [0.1, 0.15) is 44.5 Å². The van der Waals surface area contributed by atoms with Crippen molar-refractivity contribution < 1.29 is 76.5 Å². The van der Waals surface area contributed by atoms with Gasteiger partial charge in [0.05, 0.1) is 28.4 Å². The maximum Gasteiger partial charge on any atom is 0.163 e. The van der Waals surface area contributed by atoms with Crippen molar-refractivity contribution in [1.82, 2.24) is 15.0 Å². The fourth-order valence-electron chi connectivity index (χ4n) is 15.9. The fraction of sp³-hybridized carbons (Fsp3) is 0.108. The number of rotatable bonds is 10. The Kier molecular flexibility index (Phi) is 23.8. The van der Waals surface area contributed by atoms with Crippen molar-refractivity contribution in [1.29, 1.82) is 0 Å². The minimum atomic E-state index is -0.0882. The normalized spacial score (nSPS) is 12.1. The first kappa shape index (κ1) is 82.9. The number of methoxy groups -OCH3 is 4. The molecule has 0 aliphatic carbocycles. The molecule has 0 unspecified atom stereocenters. The van der Waals surface area contributed by atoms with E-state index in [0.717, 1.165) is 50.1 Å². The molecule has 19 nitrogen and oxygen atoms in total. The van der Waals surface area contributed by atoms with Crippen LogP contribution >= 0.6 is 0 Å². The molecule has 13 aliphatic heterocycles. The standard InChI is InChI=1S/C111H87N3O16/c1-68-13-17-70(18-14-68)65-125-94-47-82-51-98(57-94)129-88-41-25-74(26-42-88)63-123-92-11-7-9-90(55-92)121-61-72-21-37-86(38-22-72)127-96-49-80(45-84(115)53-96)104-100(117-3)59-101(118-4)105-81-46-85(116)54-97(50-81)128-87-39-23-73(24-40-87)62-122-91-10-8-12-93(56-91)124-64-75-27-43-89(44-28-75)130-99-52-83(48-95(58-99)126-66-71-19-15-69(2)16-20-71)107-103(120-6)60-102(119-5)106(82)109(107)77-31-35-79(36-32-77)111-113-67-112-110(114-111)78-33-29-76(30-34-78)108(104)105/h7-60,67,115-116H,61-66H2,1-6H3. The third-order valence-corrected chi connectivity index (χ3v) is 22.4. The molecule has 0 saturated heterocycles. The van der Waals surface area contributed by atoms with Crippen molar-refractivity contribution in [2.75, 3.05) is 28.4 Å². The van der Waals surface area contributed by atoms with Crippen LogP contribution in [0, 0.1) is 13.8 Å². The molecule has 14 heterocycles. The van der Waals surface area contributed by atoms with Crippen LogP contribution in [0.25, 0.3) is 89.5 Å². The zero-order valence-electron chi connectivity index (χ0n) is 71.9. The van der Waals surface area contributed by atoms with Gasteiger partial charge in [-0.3, -0.25) is 0 Å². The second kappa shape index (κ2) is 37.2. The Labute approximate surface area is 752 Å². The molecule has 0 atom stereocenters. The molecule has 0 amide bonds. The number of benzene rings is 16. The number of aromatic nitrogens is 3. The van der Waals surface area contributed by atoms with Gasteiger partial charge < -0.3 is 76.5 Å². The number of fused-ring (bicyclic) bond motifs is 1. The van der Waals surface area contributed by atoms with Gasteiger partial charge in [0.2, 0.25) is 0 Å². The third kappa shape index (κ3) is 19.0. The molecule has 0 spiro atoms. The Bertz CT molecular complexity index is 6630. The SMILES string of the molecule is COc1cc(OC)c2c3c1-c1cc(O)cc(c1)Oc1ccc(cc1)COc1cccc(c1)OCc1ccc(cc1)Oc1cc(OCc4ccc(C)cc4)cc(c1)-c1c(OC)cc(OC)c(c1-c1ccc(cc1)-c1ncnc(n1)-c1ccc-3cc1)-c1cc(OCc3ccc(C)cc3)cc(c1)Oc1ccc(cc1)COc1cccc(c1)OCc1ccc(cc1)Oc1cc(O)cc-2c1. The Balaban J connectivity index is 0.803. The monoisotopic (exact) mass is 1720 g/mol. The molecular formula is C111H87N3O16. The molecule has 0 fully saturated rings. The highest BCUT2D eigenvalue weighted by atomic mass is 16.5. The number of hydrogen-bond acceptors (Lipinski definition) is 19. The second-order valence-corrected chi connectivity index (χ2v) is 31.6. The molecule has 1 aromatic heterocycles. The predicted molar refractivity (Wildman–Crippen MR) is 500 cm³/mol. The van der Waals surface area contributed by atoms with Gasteiger partial charge in [-0.25, -0.2) is 15.0 Å². The molecule has 13 aliphatic rings. The summed E-state index contributed by atoms with van der Waals surface area (Å²) in [6.07, 6.45) is 1.50. The van der Waals surface area contributed by atoms with Crippen LogP contribution < -0.4 is 66.3 Å². The van der Waals surface area contributed by atoms with E-state index in [0.29, 0.717) is 187 Å². The van der Waals surface area contributed by atoms with Crippen LogP contribution in [0.4, 0.5) is 0 Å². The lowest BCUT2D eigenvalue weighted by Crippen LogP contribution is -2.01. The number of nitrogens with zero attached hydrogens (tertiary/aromatic N) is 3. The highest BCUT2D eigenvalue weighted by molar-refractivity contribution is 6.03.